The Labute approximate surface area is 448 Å². The third-order valence-corrected chi connectivity index (χ3v) is 13.0. The Kier molecular flexibility index (Phi) is 25.6. The van der Waals surface area contributed by atoms with Crippen LogP contribution in [-0.4, -0.2) is 164 Å². The molecule has 13 N–H and O–H groups in total. The summed E-state index contributed by atoms with van der Waals surface area (Å²) in [7, 11) is 0. The largest absolute Gasteiger partial charge is 0.481 e. The minimum Gasteiger partial charge on any atom is -0.481 e. The van der Waals surface area contributed by atoms with E-state index >= 15 is 0 Å². The first-order chi connectivity index (χ1) is 36.0. The maximum absolute atomic E-state index is 14.8. The van der Waals surface area contributed by atoms with E-state index in [0.717, 1.165) is 0 Å². The van der Waals surface area contributed by atoms with Gasteiger partial charge in [0.05, 0.1) is 19.1 Å². The van der Waals surface area contributed by atoms with Crippen molar-refractivity contribution >= 4 is 65.1 Å². The van der Waals surface area contributed by atoms with Crippen molar-refractivity contribution in [1.82, 2.24) is 41.7 Å². The number of nitrogens with one attached hydrogen (secondary N) is 6. The molecule has 2 aromatic rings. The number of likely N-dealkylation sites (tertiary alicyclic amines) is 2. The standard InChI is InChI=1S/C52H74N10O14.CH4/c1-29(2)23-34(55-44(67)33(53)19-20-42(54)64)45(68)60-39(28-63)51(74)62-22-12-18-41(62)49(72)58-37(26-32-15-9-6-10-16-32)50(73)61-21-11-17-40(61)48(71)57-35(25-31-13-7-5-8-14-31)46(69)56-36(27-43(65)66)47(70)59-38(52(75)76)24-30(3)4;/h5-10,13-16,29-30,33-41,63H,11-12,17-28,53H2,1-4H3,(H2,54,64)(H,55,67)(H,56,69)(H,57,71)(H,58,72)(H,59,70)(H,60,68)(H,65,66)(H,75,76);1H4. The maximum atomic E-state index is 14.8. The summed E-state index contributed by atoms with van der Waals surface area (Å²) in [6, 6.07) is 5.09. The number of hydrogen-bond acceptors (Lipinski definition) is 13. The number of hydrogen-bond donors (Lipinski definition) is 11. The number of carbonyl (C=O) groups is 11. The van der Waals surface area contributed by atoms with E-state index in [9.17, 15) is 68.1 Å². The Morgan fingerprint density at radius 1 is 0.571 bits per heavy atom. The number of aliphatic hydroxyl groups excluding tert-OH is 1. The topological polar surface area (TPSA) is 379 Å². The third-order valence-electron chi connectivity index (χ3n) is 13.0. The number of primary amides is 1. The molecule has 9 unspecified atom stereocenters. The molecule has 9 amide bonds. The lowest BCUT2D eigenvalue weighted by molar-refractivity contribution is -0.145. The van der Waals surface area contributed by atoms with Gasteiger partial charge in [0.25, 0.3) is 0 Å². The number of benzene rings is 2. The number of amides is 9. The lowest BCUT2D eigenvalue weighted by atomic mass is 10.0. The second kappa shape index (κ2) is 30.9. The normalized spacial score (nSPS) is 17.8. The Hall–Kier alpha value is -7.47. The molecule has 0 spiro atoms. The molecule has 2 saturated heterocycles. The van der Waals surface area contributed by atoms with Gasteiger partial charge < -0.3 is 68.5 Å². The first-order valence-electron chi connectivity index (χ1n) is 25.6. The minimum atomic E-state index is -1.74. The van der Waals surface area contributed by atoms with Crippen LogP contribution in [0.1, 0.15) is 104 Å². The van der Waals surface area contributed by atoms with Crippen LogP contribution < -0.4 is 43.4 Å². The summed E-state index contributed by atoms with van der Waals surface area (Å²) in [6.07, 6.45) is -0.226. The van der Waals surface area contributed by atoms with E-state index in [4.69, 9.17) is 11.5 Å². The zero-order valence-corrected chi connectivity index (χ0v) is 43.4. The smallest absolute Gasteiger partial charge is 0.326 e. The van der Waals surface area contributed by atoms with Gasteiger partial charge in [-0.15, -0.1) is 0 Å². The molecule has 4 rings (SSSR count). The predicted octanol–water partition coefficient (Wildman–Crippen LogP) is -0.765. The molecule has 0 aromatic heterocycles. The highest BCUT2D eigenvalue weighted by Crippen LogP contribution is 2.23. The van der Waals surface area contributed by atoms with Crippen molar-refractivity contribution in [2.45, 2.75) is 160 Å². The van der Waals surface area contributed by atoms with Crippen LogP contribution in [0.5, 0.6) is 0 Å². The summed E-state index contributed by atoms with van der Waals surface area (Å²) in [5, 5.41) is 45.1. The van der Waals surface area contributed by atoms with Crippen LogP contribution >= 0.6 is 0 Å². The van der Waals surface area contributed by atoms with Gasteiger partial charge in [0.2, 0.25) is 53.2 Å². The van der Waals surface area contributed by atoms with Crippen molar-refractivity contribution in [3.63, 3.8) is 0 Å². The monoisotopic (exact) mass is 1080 g/mol. The van der Waals surface area contributed by atoms with Gasteiger partial charge in [-0.2, -0.15) is 0 Å². The fraction of sp³-hybridized carbons (Fsp3) is 0.566. The molecule has 2 heterocycles. The Balaban J connectivity index is 0.0000156. The summed E-state index contributed by atoms with van der Waals surface area (Å²) in [5.74, 6) is -10.3. The van der Waals surface area contributed by atoms with Crippen LogP contribution in [0.4, 0.5) is 0 Å². The molecule has 2 fully saturated rings. The van der Waals surface area contributed by atoms with Gasteiger partial charge in [0.15, 0.2) is 0 Å². The minimum absolute atomic E-state index is 0. The van der Waals surface area contributed by atoms with Crippen molar-refractivity contribution in [3.05, 3.63) is 71.8 Å². The SMILES string of the molecule is C.CC(C)CC(NC(=O)C(CC(=O)O)NC(=O)C(Cc1ccccc1)NC(=O)C1CCCN1C(=O)C(Cc1ccccc1)NC(=O)C1CCCN1C(=O)C(CO)NC(=O)C(CC(C)C)NC(=O)C(N)CCC(N)=O)C(=O)O. The summed E-state index contributed by atoms with van der Waals surface area (Å²) < 4.78 is 0. The molecule has 424 valence electrons. The van der Waals surface area contributed by atoms with E-state index in [1.807, 2.05) is 0 Å². The number of carboxylic acid groups (broad SMARTS) is 2. The second-order valence-electron chi connectivity index (χ2n) is 20.1. The Morgan fingerprint density at radius 2 is 0.987 bits per heavy atom. The van der Waals surface area contributed by atoms with Gasteiger partial charge in [-0.05, 0) is 67.9 Å². The lowest BCUT2D eigenvalue weighted by Crippen LogP contribution is -2.61. The number of aliphatic hydroxyl groups is 1. The van der Waals surface area contributed by atoms with E-state index in [2.05, 4.69) is 31.9 Å². The molecule has 24 heteroatoms. The molecule has 0 saturated carbocycles. The van der Waals surface area contributed by atoms with Crippen molar-refractivity contribution < 1.29 is 68.1 Å². The number of nitrogens with zero attached hydrogens (tertiary/aromatic N) is 2. The fourth-order valence-electron chi connectivity index (χ4n) is 9.14. The van der Waals surface area contributed by atoms with Crippen LogP contribution in [0.25, 0.3) is 0 Å². The molecule has 2 aliphatic rings. The zero-order valence-electron chi connectivity index (χ0n) is 43.4. The van der Waals surface area contributed by atoms with E-state index < -0.39 is 133 Å². The number of carboxylic acids is 2. The van der Waals surface area contributed by atoms with Gasteiger partial charge in [-0.25, -0.2) is 4.79 Å². The number of nitrogens with two attached hydrogens (primary N) is 2. The summed E-state index contributed by atoms with van der Waals surface area (Å²) in [6.45, 7) is 6.31. The van der Waals surface area contributed by atoms with Crippen LogP contribution in [0.2, 0.25) is 0 Å². The number of aliphatic carboxylic acids is 2. The second-order valence-corrected chi connectivity index (χ2v) is 20.1. The van der Waals surface area contributed by atoms with Gasteiger partial charge in [-0.1, -0.05) is 95.8 Å². The molecule has 9 atom stereocenters. The molecule has 24 nitrogen and oxygen atoms in total. The molecule has 0 radical (unpaired) electrons. The fourth-order valence-corrected chi connectivity index (χ4v) is 9.14. The molecular weight excluding hydrogens is 1000 g/mol. The van der Waals surface area contributed by atoms with Crippen molar-refractivity contribution in [3.8, 4) is 0 Å². The Morgan fingerprint density at radius 3 is 1.45 bits per heavy atom. The molecular formula is C53H78N10O14. The van der Waals surface area contributed by atoms with E-state index in [1.165, 1.54) is 9.80 Å². The average Bonchev–Trinajstić information content (AvgIpc) is 4.07. The van der Waals surface area contributed by atoms with Gasteiger partial charge in [0, 0.05) is 32.4 Å². The van der Waals surface area contributed by atoms with E-state index in [1.54, 1.807) is 88.4 Å². The highest BCUT2D eigenvalue weighted by Gasteiger charge is 2.43. The third kappa shape index (κ3) is 19.9. The quantitative estimate of drug-likeness (QED) is 0.0477. The molecule has 0 aliphatic carbocycles. The van der Waals surface area contributed by atoms with Gasteiger partial charge >= 0.3 is 11.9 Å². The first-order valence-corrected chi connectivity index (χ1v) is 25.6. The lowest BCUT2D eigenvalue weighted by Gasteiger charge is -2.32. The summed E-state index contributed by atoms with van der Waals surface area (Å²) in [4.78, 5) is 149. The van der Waals surface area contributed by atoms with Gasteiger partial charge in [0.1, 0.15) is 48.3 Å². The van der Waals surface area contributed by atoms with Crippen LogP contribution in [0.15, 0.2) is 60.7 Å². The average molecular weight is 1080 g/mol. The van der Waals surface area contributed by atoms with E-state index in [0.29, 0.717) is 24.0 Å². The highest BCUT2D eigenvalue weighted by molar-refractivity contribution is 5.99. The molecule has 2 aliphatic heterocycles. The highest BCUT2D eigenvalue weighted by atomic mass is 16.4. The van der Waals surface area contributed by atoms with Crippen LogP contribution in [0.3, 0.4) is 0 Å². The predicted molar refractivity (Wildman–Crippen MR) is 280 cm³/mol. The number of carbonyl (C=O) groups excluding carboxylic acids is 9. The molecule has 2 aromatic carbocycles. The van der Waals surface area contributed by atoms with Crippen LogP contribution in [0, 0.1) is 11.8 Å². The number of rotatable bonds is 29. The van der Waals surface area contributed by atoms with Crippen molar-refractivity contribution in [1.29, 1.82) is 0 Å². The molecule has 0 bridgehead atoms. The maximum Gasteiger partial charge on any atom is 0.326 e. The van der Waals surface area contributed by atoms with Crippen molar-refractivity contribution in [2.75, 3.05) is 19.7 Å². The van der Waals surface area contributed by atoms with E-state index in [-0.39, 0.29) is 83.7 Å². The summed E-state index contributed by atoms with van der Waals surface area (Å²) in [5.41, 5.74) is 12.3. The zero-order chi connectivity index (χ0) is 56.2. The summed E-state index contributed by atoms with van der Waals surface area (Å²) >= 11 is 0. The van der Waals surface area contributed by atoms with Crippen LogP contribution in [-0.2, 0) is 65.6 Å². The Bertz CT molecular complexity index is 2370. The first kappa shape index (κ1) is 63.8. The van der Waals surface area contributed by atoms with Crippen molar-refractivity contribution in [2.24, 2.45) is 23.3 Å². The van der Waals surface area contributed by atoms with Gasteiger partial charge in [-0.3, -0.25) is 47.9 Å². The molecule has 77 heavy (non-hydrogen) atoms.